The third-order valence-electron chi connectivity index (χ3n) is 5.28. The van der Waals surface area contributed by atoms with E-state index in [0.29, 0.717) is 11.4 Å². The number of piperidine rings is 1. The molecule has 1 aliphatic heterocycles. The second-order valence-electron chi connectivity index (χ2n) is 7.39. The molecular weight excluding hydrogens is 448 g/mol. The zero-order chi connectivity index (χ0) is 22.0. The average Bonchev–Trinajstić information content (AvgIpc) is 3.19. The van der Waals surface area contributed by atoms with Crippen molar-refractivity contribution >= 4 is 24.0 Å². The number of rotatable bonds is 4. The largest absolute Gasteiger partial charge is 0.416 e. The molecule has 1 amide bonds. The molecule has 4 rings (SSSR count). The van der Waals surface area contributed by atoms with Gasteiger partial charge in [0.1, 0.15) is 5.82 Å². The van der Waals surface area contributed by atoms with E-state index in [1.807, 2.05) is 0 Å². The van der Waals surface area contributed by atoms with E-state index in [-0.39, 0.29) is 29.6 Å². The number of nitrogens with one attached hydrogen (secondary N) is 2. The number of carbonyl (C=O) groups excluding carboxylic acids is 1. The molecule has 2 aromatic carbocycles. The van der Waals surface area contributed by atoms with Crippen LogP contribution in [0, 0.1) is 5.82 Å². The first-order valence-corrected chi connectivity index (χ1v) is 9.86. The lowest BCUT2D eigenvalue weighted by Gasteiger charge is -2.24. The van der Waals surface area contributed by atoms with Crippen LogP contribution in [0.5, 0.6) is 0 Å². The molecule has 1 aliphatic rings. The Labute approximate surface area is 188 Å². The monoisotopic (exact) mass is 468 g/mol. The van der Waals surface area contributed by atoms with Crippen LogP contribution in [0.15, 0.2) is 54.7 Å². The molecule has 0 saturated carbocycles. The molecule has 32 heavy (non-hydrogen) atoms. The normalized spacial score (nSPS) is 14.6. The van der Waals surface area contributed by atoms with Crippen LogP contribution >= 0.6 is 12.4 Å². The van der Waals surface area contributed by atoms with Gasteiger partial charge in [0.05, 0.1) is 28.7 Å². The van der Waals surface area contributed by atoms with Crippen LogP contribution in [0.1, 0.15) is 40.4 Å². The summed E-state index contributed by atoms with van der Waals surface area (Å²) in [6.07, 6.45) is -1.62. The van der Waals surface area contributed by atoms with E-state index in [1.165, 1.54) is 30.5 Å². The number of anilines is 1. The number of carbonyl (C=O) groups is 1. The number of aromatic nitrogens is 2. The number of alkyl halides is 3. The van der Waals surface area contributed by atoms with Crippen molar-refractivity contribution < 1.29 is 22.4 Å². The van der Waals surface area contributed by atoms with Gasteiger partial charge in [-0.25, -0.2) is 9.07 Å². The maximum absolute atomic E-state index is 13.8. The number of halogens is 5. The van der Waals surface area contributed by atoms with Crippen molar-refractivity contribution in [3.63, 3.8) is 0 Å². The minimum absolute atomic E-state index is 0. The summed E-state index contributed by atoms with van der Waals surface area (Å²) in [5.74, 6) is -0.996. The van der Waals surface area contributed by atoms with Crippen LogP contribution in [0.25, 0.3) is 5.69 Å². The zero-order valence-electron chi connectivity index (χ0n) is 16.8. The average molecular weight is 469 g/mol. The Balaban J connectivity index is 0.00000289. The maximum atomic E-state index is 13.8. The number of nitrogens with zero attached hydrogens (tertiary/aromatic N) is 2. The van der Waals surface area contributed by atoms with Crippen molar-refractivity contribution in [2.75, 3.05) is 18.4 Å². The minimum atomic E-state index is -4.51. The van der Waals surface area contributed by atoms with E-state index < -0.39 is 23.5 Å². The molecule has 0 bridgehead atoms. The number of hydrogen-bond donors (Lipinski definition) is 2. The van der Waals surface area contributed by atoms with Crippen LogP contribution in [0.4, 0.5) is 23.2 Å². The summed E-state index contributed by atoms with van der Waals surface area (Å²) in [5.41, 5.74) is 0.547. The minimum Gasteiger partial charge on any atom is -0.322 e. The fraction of sp³-hybridized carbons (Fsp3) is 0.273. The molecule has 0 radical (unpaired) electrons. The van der Waals surface area contributed by atoms with Gasteiger partial charge in [-0.15, -0.1) is 12.4 Å². The van der Waals surface area contributed by atoms with Crippen LogP contribution in [-0.4, -0.2) is 28.8 Å². The van der Waals surface area contributed by atoms with E-state index >= 15 is 0 Å². The second kappa shape index (κ2) is 9.70. The Hall–Kier alpha value is -2.91. The van der Waals surface area contributed by atoms with Gasteiger partial charge in [0, 0.05) is 11.6 Å². The van der Waals surface area contributed by atoms with Crippen LogP contribution < -0.4 is 10.6 Å². The highest BCUT2D eigenvalue weighted by molar-refractivity contribution is 6.05. The molecule has 3 aromatic rings. The maximum Gasteiger partial charge on any atom is 0.416 e. The Morgan fingerprint density at radius 3 is 2.50 bits per heavy atom. The molecule has 2 heterocycles. The summed E-state index contributed by atoms with van der Waals surface area (Å²) in [4.78, 5) is 13.0. The van der Waals surface area contributed by atoms with Gasteiger partial charge < -0.3 is 10.6 Å². The second-order valence-corrected chi connectivity index (χ2v) is 7.39. The summed E-state index contributed by atoms with van der Waals surface area (Å²) < 4.78 is 54.3. The first-order valence-electron chi connectivity index (χ1n) is 9.86. The predicted molar refractivity (Wildman–Crippen MR) is 115 cm³/mol. The lowest BCUT2D eigenvalue weighted by Crippen LogP contribution is -2.29. The first-order chi connectivity index (χ1) is 14.8. The van der Waals surface area contributed by atoms with Gasteiger partial charge in [-0.3, -0.25) is 4.79 Å². The summed E-state index contributed by atoms with van der Waals surface area (Å²) in [6, 6.07) is 10.4. The molecular formula is C22H21ClF4N4O. The highest BCUT2D eigenvalue weighted by atomic mass is 35.5. The first kappa shape index (κ1) is 23.7. The summed E-state index contributed by atoms with van der Waals surface area (Å²) in [5, 5.41) is 10.1. The standard InChI is InChI=1S/C22H20F4N4O.ClH/c23-16-4-2-6-18(12-16)30-20(14-7-9-27-10-8-14)19(13-28-30)21(31)29-17-5-1-3-15(11-17)22(24,25)26;/h1-6,11-14,27H,7-10H2,(H,29,31);1H. The Bertz CT molecular complexity index is 1090. The van der Waals surface area contributed by atoms with E-state index in [9.17, 15) is 22.4 Å². The van der Waals surface area contributed by atoms with Crippen molar-refractivity contribution in [1.29, 1.82) is 0 Å². The van der Waals surface area contributed by atoms with Gasteiger partial charge in [0.15, 0.2) is 0 Å². The fourth-order valence-electron chi connectivity index (χ4n) is 3.81. The molecule has 0 spiro atoms. The van der Waals surface area contributed by atoms with Crippen molar-refractivity contribution in [1.82, 2.24) is 15.1 Å². The molecule has 0 atom stereocenters. The van der Waals surface area contributed by atoms with Crippen molar-refractivity contribution in [2.45, 2.75) is 24.9 Å². The molecule has 2 N–H and O–H groups in total. The fourth-order valence-corrected chi connectivity index (χ4v) is 3.81. The SMILES string of the molecule is Cl.O=C(Nc1cccc(C(F)(F)F)c1)c1cnn(-c2cccc(F)c2)c1C1CCNCC1. The number of hydrogen-bond acceptors (Lipinski definition) is 3. The van der Waals surface area contributed by atoms with E-state index in [0.717, 1.165) is 38.1 Å². The quantitative estimate of drug-likeness (QED) is 0.519. The highest BCUT2D eigenvalue weighted by Crippen LogP contribution is 2.32. The molecule has 1 saturated heterocycles. The van der Waals surface area contributed by atoms with Crippen LogP contribution in [-0.2, 0) is 6.18 Å². The molecule has 10 heteroatoms. The molecule has 0 unspecified atom stereocenters. The van der Waals surface area contributed by atoms with Crippen LogP contribution in [0.3, 0.4) is 0 Å². The Morgan fingerprint density at radius 2 is 1.81 bits per heavy atom. The van der Waals surface area contributed by atoms with Gasteiger partial charge >= 0.3 is 6.18 Å². The molecule has 170 valence electrons. The Kier molecular flexibility index (Phi) is 7.20. The molecule has 5 nitrogen and oxygen atoms in total. The van der Waals surface area contributed by atoms with Gasteiger partial charge in [0.25, 0.3) is 5.91 Å². The van der Waals surface area contributed by atoms with Gasteiger partial charge in [-0.2, -0.15) is 18.3 Å². The Morgan fingerprint density at radius 1 is 1.09 bits per heavy atom. The topological polar surface area (TPSA) is 59.0 Å². The smallest absolute Gasteiger partial charge is 0.322 e. The van der Waals surface area contributed by atoms with E-state index in [1.54, 1.807) is 16.8 Å². The van der Waals surface area contributed by atoms with Crippen molar-refractivity contribution in [3.8, 4) is 5.69 Å². The van der Waals surface area contributed by atoms with E-state index in [2.05, 4.69) is 15.7 Å². The summed E-state index contributed by atoms with van der Waals surface area (Å²) in [6.45, 7) is 1.52. The number of amides is 1. The van der Waals surface area contributed by atoms with Crippen molar-refractivity contribution in [2.24, 2.45) is 0 Å². The third-order valence-corrected chi connectivity index (χ3v) is 5.28. The summed E-state index contributed by atoms with van der Waals surface area (Å²) in [7, 11) is 0. The van der Waals surface area contributed by atoms with Gasteiger partial charge in [-0.1, -0.05) is 12.1 Å². The number of benzene rings is 2. The lowest BCUT2D eigenvalue weighted by molar-refractivity contribution is -0.137. The van der Waals surface area contributed by atoms with Crippen LogP contribution in [0.2, 0.25) is 0 Å². The zero-order valence-corrected chi connectivity index (χ0v) is 17.6. The van der Waals surface area contributed by atoms with Gasteiger partial charge in [-0.05, 0) is 62.3 Å². The predicted octanol–water partition coefficient (Wildman–Crippen LogP) is 5.17. The van der Waals surface area contributed by atoms with Crippen molar-refractivity contribution in [3.05, 3.63) is 77.4 Å². The lowest BCUT2D eigenvalue weighted by atomic mass is 9.91. The van der Waals surface area contributed by atoms with E-state index in [4.69, 9.17) is 0 Å². The highest BCUT2D eigenvalue weighted by Gasteiger charge is 2.31. The third kappa shape index (κ3) is 5.11. The van der Waals surface area contributed by atoms with Gasteiger partial charge in [0.2, 0.25) is 0 Å². The molecule has 1 fully saturated rings. The molecule has 0 aliphatic carbocycles. The molecule has 1 aromatic heterocycles. The summed E-state index contributed by atoms with van der Waals surface area (Å²) >= 11 is 0.